The Morgan fingerprint density at radius 3 is 2.46 bits per heavy atom. The highest BCUT2D eigenvalue weighted by Crippen LogP contribution is 2.32. The zero-order valence-corrected chi connectivity index (χ0v) is 16.3. The largest absolute Gasteiger partial charge is 0.396 e. The first kappa shape index (κ1) is 18.0. The lowest BCUT2D eigenvalue weighted by atomic mass is 10.1. The summed E-state index contributed by atoms with van der Waals surface area (Å²) < 4.78 is 0. The number of aryl methyl sites for hydroxylation is 1. The third kappa shape index (κ3) is 3.81. The van der Waals surface area contributed by atoms with Gasteiger partial charge in [0.1, 0.15) is 5.82 Å². The van der Waals surface area contributed by atoms with E-state index in [2.05, 4.69) is 28.5 Å². The third-order valence-electron chi connectivity index (χ3n) is 6.30. The van der Waals surface area contributed by atoms with Gasteiger partial charge in [-0.05, 0) is 51.9 Å². The van der Waals surface area contributed by atoms with Crippen LogP contribution in [0.2, 0.25) is 0 Å². The van der Waals surface area contributed by atoms with Gasteiger partial charge in [0, 0.05) is 63.2 Å². The molecule has 6 heteroatoms. The summed E-state index contributed by atoms with van der Waals surface area (Å²) in [7, 11) is 0. The summed E-state index contributed by atoms with van der Waals surface area (Å²) in [6.45, 7) is 10.9. The fourth-order valence-electron chi connectivity index (χ4n) is 4.35. The number of piperazine rings is 1. The average Bonchev–Trinajstić information content (AvgIpc) is 3.28. The molecule has 3 heterocycles. The van der Waals surface area contributed by atoms with Crippen molar-refractivity contribution in [1.29, 1.82) is 0 Å². The standard InChI is InChI=1S/C20H33N5O/c1-15-16(2)21-20(23-8-3-4-9-23)22-19(15)25-11-10-24(13-17-5-6-17)18(14-25)7-12-26/h17-18,26H,3-14H2,1-2H3. The van der Waals surface area contributed by atoms with Crippen molar-refractivity contribution in [1.82, 2.24) is 14.9 Å². The smallest absolute Gasteiger partial charge is 0.227 e. The van der Waals surface area contributed by atoms with Crippen LogP contribution in [0.15, 0.2) is 0 Å². The Hall–Kier alpha value is -1.40. The molecule has 3 aliphatic rings. The van der Waals surface area contributed by atoms with Crippen LogP contribution in [0, 0.1) is 19.8 Å². The first-order chi connectivity index (χ1) is 12.7. The van der Waals surface area contributed by atoms with Crippen molar-refractivity contribution in [2.24, 2.45) is 5.92 Å². The van der Waals surface area contributed by atoms with E-state index in [9.17, 15) is 5.11 Å². The second-order valence-electron chi connectivity index (χ2n) is 8.30. The molecule has 6 nitrogen and oxygen atoms in total. The monoisotopic (exact) mass is 359 g/mol. The van der Waals surface area contributed by atoms with Gasteiger partial charge >= 0.3 is 0 Å². The summed E-state index contributed by atoms with van der Waals surface area (Å²) >= 11 is 0. The summed E-state index contributed by atoms with van der Waals surface area (Å²) in [6.07, 6.45) is 6.10. The van der Waals surface area contributed by atoms with Gasteiger partial charge in [0.15, 0.2) is 0 Å². The Bertz CT molecular complexity index is 627. The van der Waals surface area contributed by atoms with Crippen LogP contribution in [0.1, 0.15) is 43.4 Å². The first-order valence-electron chi connectivity index (χ1n) is 10.4. The van der Waals surface area contributed by atoms with Gasteiger partial charge in [-0.15, -0.1) is 0 Å². The minimum absolute atomic E-state index is 0.264. The van der Waals surface area contributed by atoms with Crippen LogP contribution in [0.4, 0.5) is 11.8 Å². The Morgan fingerprint density at radius 2 is 1.77 bits per heavy atom. The Balaban J connectivity index is 1.54. The molecule has 0 aromatic carbocycles. The molecule has 1 saturated carbocycles. The average molecular weight is 360 g/mol. The second kappa shape index (κ2) is 7.69. The fourth-order valence-corrected chi connectivity index (χ4v) is 4.35. The van der Waals surface area contributed by atoms with Gasteiger partial charge in [-0.25, -0.2) is 4.98 Å². The molecule has 1 aliphatic carbocycles. The molecule has 3 fully saturated rings. The summed E-state index contributed by atoms with van der Waals surface area (Å²) in [5.74, 6) is 2.90. The van der Waals surface area contributed by atoms with E-state index >= 15 is 0 Å². The minimum Gasteiger partial charge on any atom is -0.396 e. The number of anilines is 2. The number of aliphatic hydroxyl groups is 1. The highest BCUT2D eigenvalue weighted by molar-refractivity contribution is 5.53. The number of nitrogens with zero attached hydrogens (tertiary/aromatic N) is 5. The van der Waals surface area contributed by atoms with Gasteiger partial charge < -0.3 is 14.9 Å². The topological polar surface area (TPSA) is 55.7 Å². The SMILES string of the molecule is Cc1nc(N2CCCC2)nc(N2CCN(CC3CC3)C(CCO)C2)c1C. The molecule has 2 saturated heterocycles. The quantitative estimate of drug-likeness (QED) is 0.838. The number of hydrogen-bond acceptors (Lipinski definition) is 6. The predicted molar refractivity (Wildman–Crippen MR) is 105 cm³/mol. The van der Waals surface area contributed by atoms with Crippen LogP contribution < -0.4 is 9.80 Å². The van der Waals surface area contributed by atoms with E-state index in [1.54, 1.807) is 0 Å². The van der Waals surface area contributed by atoms with Crippen molar-refractivity contribution < 1.29 is 5.11 Å². The van der Waals surface area contributed by atoms with E-state index in [4.69, 9.17) is 9.97 Å². The Morgan fingerprint density at radius 1 is 1.00 bits per heavy atom. The lowest BCUT2D eigenvalue weighted by Gasteiger charge is -2.42. The van der Waals surface area contributed by atoms with Crippen LogP contribution in [0.5, 0.6) is 0 Å². The molecular weight excluding hydrogens is 326 g/mol. The fraction of sp³-hybridized carbons (Fsp3) is 0.800. The van der Waals surface area contributed by atoms with Crippen LogP contribution in [-0.2, 0) is 0 Å². The van der Waals surface area contributed by atoms with Crippen LogP contribution in [0.3, 0.4) is 0 Å². The normalized spacial score (nSPS) is 24.5. The van der Waals surface area contributed by atoms with Crippen molar-refractivity contribution in [3.05, 3.63) is 11.3 Å². The lowest BCUT2D eigenvalue weighted by Crippen LogP contribution is -2.54. The van der Waals surface area contributed by atoms with E-state index in [0.717, 1.165) is 62.5 Å². The molecule has 2 aliphatic heterocycles. The molecule has 0 bridgehead atoms. The predicted octanol–water partition coefficient (Wildman–Crippen LogP) is 1.98. The van der Waals surface area contributed by atoms with Gasteiger partial charge in [0.05, 0.1) is 0 Å². The highest BCUT2D eigenvalue weighted by atomic mass is 16.3. The number of aliphatic hydroxyl groups excluding tert-OH is 1. The van der Waals surface area contributed by atoms with Gasteiger partial charge in [-0.2, -0.15) is 4.98 Å². The Kier molecular flexibility index (Phi) is 5.32. The highest BCUT2D eigenvalue weighted by Gasteiger charge is 2.33. The second-order valence-corrected chi connectivity index (χ2v) is 8.30. The summed E-state index contributed by atoms with van der Waals surface area (Å²) in [5.41, 5.74) is 2.29. The molecule has 0 spiro atoms. The van der Waals surface area contributed by atoms with E-state index in [0.29, 0.717) is 6.04 Å². The molecule has 0 amide bonds. The molecule has 1 aromatic heterocycles. The van der Waals surface area contributed by atoms with Crippen LogP contribution in [0.25, 0.3) is 0 Å². The van der Waals surface area contributed by atoms with Crippen molar-refractivity contribution >= 4 is 11.8 Å². The molecule has 1 aromatic rings. The van der Waals surface area contributed by atoms with E-state index in [1.807, 2.05) is 0 Å². The maximum absolute atomic E-state index is 9.55. The number of rotatable bonds is 6. The maximum atomic E-state index is 9.55. The number of hydrogen-bond donors (Lipinski definition) is 1. The van der Waals surface area contributed by atoms with E-state index in [1.165, 1.54) is 37.8 Å². The van der Waals surface area contributed by atoms with Crippen molar-refractivity contribution in [2.75, 3.05) is 55.7 Å². The molecule has 26 heavy (non-hydrogen) atoms. The summed E-state index contributed by atoms with van der Waals surface area (Å²) in [5, 5.41) is 9.55. The van der Waals surface area contributed by atoms with E-state index < -0.39 is 0 Å². The lowest BCUT2D eigenvalue weighted by molar-refractivity contribution is 0.136. The summed E-state index contributed by atoms with van der Waals surface area (Å²) in [6, 6.07) is 0.430. The number of aromatic nitrogens is 2. The third-order valence-corrected chi connectivity index (χ3v) is 6.30. The zero-order chi connectivity index (χ0) is 18.1. The van der Waals surface area contributed by atoms with Gasteiger partial charge in [-0.3, -0.25) is 4.90 Å². The van der Waals surface area contributed by atoms with Gasteiger partial charge in [0.2, 0.25) is 5.95 Å². The molecule has 1 unspecified atom stereocenters. The molecular formula is C20H33N5O. The van der Waals surface area contributed by atoms with Crippen molar-refractivity contribution in [3.8, 4) is 0 Å². The molecule has 1 N–H and O–H groups in total. The van der Waals surface area contributed by atoms with E-state index in [-0.39, 0.29) is 6.61 Å². The van der Waals surface area contributed by atoms with Crippen LogP contribution >= 0.6 is 0 Å². The first-order valence-corrected chi connectivity index (χ1v) is 10.4. The molecule has 0 radical (unpaired) electrons. The Labute approximate surface area is 157 Å². The minimum atomic E-state index is 0.264. The van der Waals surface area contributed by atoms with Crippen molar-refractivity contribution in [3.63, 3.8) is 0 Å². The maximum Gasteiger partial charge on any atom is 0.227 e. The molecule has 1 atom stereocenters. The van der Waals surface area contributed by atoms with Gasteiger partial charge in [0.25, 0.3) is 0 Å². The zero-order valence-electron chi connectivity index (χ0n) is 16.3. The van der Waals surface area contributed by atoms with Crippen LogP contribution in [-0.4, -0.2) is 71.9 Å². The molecule has 144 valence electrons. The van der Waals surface area contributed by atoms with Gasteiger partial charge in [-0.1, -0.05) is 0 Å². The molecule has 4 rings (SSSR count). The summed E-state index contributed by atoms with van der Waals surface area (Å²) in [4.78, 5) is 17.1. The van der Waals surface area contributed by atoms with Crippen molar-refractivity contribution in [2.45, 2.75) is 52.0 Å².